The van der Waals surface area contributed by atoms with Crippen molar-refractivity contribution in [3.63, 3.8) is 0 Å². The Kier molecular flexibility index (Phi) is 5.27. The zero-order valence-electron chi connectivity index (χ0n) is 20.7. The van der Waals surface area contributed by atoms with Crippen LogP contribution in [0.25, 0.3) is 0 Å². The van der Waals surface area contributed by atoms with E-state index in [2.05, 4.69) is 77.9 Å². The Balaban J connectivity index is 2.07. The second-order valence-corrected chi connectivity index (χ2v) is 10.6. The fourth-order valence-electron chi connectivity index (χ4n) is 5.60. The molecule has 0 aromatic heterocycles. The van der Waals surface area contributed by atoms with Crippen molar-refractivity contribution in [2.75, 3.05) is 9.80 Å². The summed E-state index contributed by atoms with van der Waals surface area (Å²) >= 11 is 0. The third-order valence-electron chi connectivity index (χ3n) is 7.47. The van der Waals surface area contributed by atoms with Crippen LogP contribution in [0.4, 0.5) is 11.4 Å². The lowest BCUT2D eigenvalue weighted by Crippen LogP contribution is -2.69. The number of carbonyl (C=O) groups is 2. The maximum atomic E-state index is 14.1. The second kappa shape index (κ2) is 7.47. The van der Waals surface area contributed by atoms with Gasteiger partial charge in [0.05, 0.1) is 11.4 Å². The van der Waals surface area contributed by atoms with Crippen molar-refractivity contribution in [3.8, 4) is 0 Å². The molecule has 1 saturated heterocycles. The molecule has 0 saturated carbocycles. The highest BCUT2D eigenvalue weighted by Crippen LogP contribution is 2.54. The Morgan fingerprint density at radius 2 is 1.31 bits per heavy atom. The maximum Gasteiger partial charge on any atom is 0.243 e. The van der Waals surface area contributed by atoms with Gasteiger partial charge < -0.3 is 0 Å². The predicted molar refractivity (Wildman–Crippen MR) is 131 cm³/mol. The fourth-order valence-corrected chi connectivity index (χ4v) is 5.60. The number of fused-ring (bicyclic) bond motifs is 3. The molecule has 0 N–H and O–H groups in total. The Hall–Kier alpha value is -2.62. The molecule has 1 atom stereocenters. The van der Waals surface area contributed by atoms with E-state index >= 15 is 0 Å². The minimum absolute atomic E-state index is 0.100. The first-order valence-corrected chi connectivity index (χ1v) is 11.9. The topological polar surface area (TPSA) is 40.6 Å². The smallest absolute Gasteiger partial charge is 0.243 e. The lowest BCUT2D eigenvalue weighted by molar-refractivity contribution is -0.142. The summed E-state index contributed by atoms with van der Waals surface area (Å²) in [6.07, 6.45) is 1.28. The maximum absolute atomic E-state index is 14.1. The van der Waals surface area contributed by atoms with Gasteiger partial charge in [-0.2, -0.15) is 0 Å². The molecule has 1 unspecified atom stereocenters. The quantitative estimate of drug-likeness (QED) is 0.560. The number of aryl methyl sites for hydroxylation is 2. The van der Waals surface area contributed by atoms with Gasteiger partial charge in [0.25, 0.3) is 0 Å². The Bertz CT molecular complexity index is 1100. The third-order valence-corrected chi connectivity index (χ3v) is 7.47. The zero-order valence-corrected chi connectivity index (χ0v) is 20.7. The van der Waals surface area contributed by atoms with Gasteiger partial charge in [-0.3, -0.25) is 19.4 Å². The van der Waals surface area contributed by atoms with Crippen LogP contribution in [-0.4, -0.2) is 18.0 Å². The molecule has 0 radical (unpaired) electrons. The highest BCUT2D eigenvalue weighted by atomic mass is 16.2. The minimum Gasteiger partial charge on any atom is -0.289 e. The number of anilines is 2. The summed E-state index contributed by atoms with van der Waals surface area (Å²) in [6, 6.07) is 12.7. The van der Waals surface area contributed by atoms with Gasteiger partial charge in [-0.15, -0.1) is 0 Å². The first-order chi connectivity index (χ1) is 15.0. The Morgan fingerprint density at radius 1 is 0.812 bits per heavy atom. The molecule has 4 heteroatoms. The molecule has 2 aliphatic heterocycles. The average molecular weight is 433 g/mol. The zero-order chi connectivity index (χ0) is 23.6. The van der Waals surface area contributed by atoms with E-state index in [0.717, 1.165) is 46.5 Å². The molecule has 0 aliphatic carbocycles. The molecule has 170 valence electrons. The second-order valence-electron chi connectivity index (χ2n) is 10.6. The lowest BCUT2D eigenvalue weighted by Gasteiger charge is -2.51. The van der Waals surface area contributed by atoms with Gasteiger partial charge >= 0.3 is 0 Å². The van der Waals surface area contributed by atoms with Crippen LogP contribution in [0.5, 0.6) is 0 Å². The monoisotopic (exact) mass is 432 g/mol. The molecule has 2 heterocycles. The lowest BCUT2D eigenvalue weighted by atomic mass is 9.78. The van der Waals surface area contributed by atoms with Crippen LogP contribution in [0.15, 0.2) is 36.4 Å². The van der Waals surface area contributed by atoms with Crippen LogP contribution in [0.3, 0.4) is 0 Å². The summed E-state index contributed by atoms with van der Waals surface area (Å²) in [5.41, 5.74) is 5.06. The Morgan fingerprint density at radius 3 is 1.84 bits per heavy atom. The number of carbonyl (C=O) groups excluding carboxylic acids is 2. The molecule has 0 spiro atoms. The van der Waals surface area contributed by atoms with E-state index in [0.29, 0.717) is 0 Å². The molecule has 32 heavy (non-hydrogen) atoms. The van der Waals surface area contributed by atoms with Crippen molar-refractivity contribution in [2.24, 2.45) is 5.41 Å². The van der Waals surface area contributed by atoms with Gasteiger partial charge in [-0.25, -0.2) is 0 Å². The van der Waals surface area contributed by atoms with Crippen LogP contribution in [0, 0.1) is 5.41 Å². The van der Waals surface area contributed by atoms with Gasteiger partial charge in [0.15, 0.2) is 0 Å². The Labute approximate surface area is 192 Å². The van der Waals surface area contributed by atoms with E-state index in [-0.39, 0.29) is 23.9 Å². The molecule has 4 nitrogen and oxygen atoms in total. The van der Waals surface area contributed by atoms with E-state index < -0.39 is 10.8 Å². The van der Waals surface area contributed by atoms with Crippen molar-refractivity contribution in [1.29, 1.82) is 0 Å². The van der Waals surface area contributed by atoms with Crippen molar-refractivity contribution in [1.82, 2.24) is 0 Å². The summed E-state index contributed by atoms with van der Waals surface area (Å²) in [5.74, 6) is 0.0543. The fraction of sp³-hybridized carbons (Fsp3) is 0.500. The normalized spacial score (nSPS) is 21.2. The third kappa shape index (κ3) is 2.88. The minimum atomic E-state index is -1.13. The van der Waals surface area contributed by atoms with Gasteiger partial charge in [0.2, 0.25) is 11.8 Å². The van der Waals surface area contributed by atoms with E-state index in [9.17, 15) is 9.59 Å². The van der Waals surface area contributed by atoms with Crippen LogP contribution < -0.4 is 9.80 Å². The van der Waals surface area contributed by atoms with E-state index in [1.807, 2.05) is 9.80 Å². The van der Waals surface area contributed by atoms with Gasteiger partial charge in [0.1, 0.15) is 11.6 Å². The summed E-state index contributed by atoms with van der Waals surface area (Å²) in [6.45, 7) is 16.5. The molecule has 2 aliphatic rings. The van der Waals surface area contributed by atoms with E-state index in [4.69, 9.17) is 0 Å². The molecule has 0 bridgehead atoms. The molecule has 2 amide bonds. The van der Waals surface area contributed by atoms with Crippen molar-refractivity contribution in [2.45, 2.75) is 85.7 Å². The largest absolute Gasteiger partial charge is 0.289 e. The van der Waals surface area contributed by atoms with Crippen molar-refractivity contribution >= 4 is 23.2 Å². The number of benzene rings is 2. The summed E-state index contributed by atoms with van der Waals surface area (Å²) in [4.78, 5) is 31.9. The summed E-state index contributed by atoms with van der Waals surface area (Å²) in [5, 5.41) is 0. The number of hydrogen-bond donors (Lipinski definition) is 0. The van der Waals surface area contributed by atoms with E-state index in [1.54, 1.807) is 13.8 Å². The molecule has 1 fully saturated rings. The molecule has 2 aromatic rings. The summed E-state index contributed by atoms with van der Waals surface area (Å²) in [7, 11) is 0. The first-order valence-electron chi connectivity index (χ1n) is 11.9. The summed E-state index contributed by atoms with van der Waals surface area (Å²) < 4.78 is 0. The van der Waals surface area contributed by atoms with Gasteiger partial charge in [-0.1, -0.05) is 77.9 Å². The number of rotatable bonds is 4. The van der Waals surface area contributed by atoms with Gasteiger partial charge in [-0.05, 0) is 54.9 Å². The highest BCUT2D eigenvalue weighted by molar-refractivity contribution is 6.21. The van der Waals surface area contributed by atoms with Crippen LogP contribution >= 0.6 is 0 Å². The number of para-hydroxylation sites is 2. The molecule has 4 rings (SSSR count). The number of amides is 2. The van der Waals surface area contributed by atoms with Crippen LogP contribution in [-0.2, 0) is 27.8 Å². The van der Waals surface area contributed by atoms with Crippen LogP contribution in [0.2, 0.25) is 0 Å². The predicted octanol–water partition coefficient (Wildman–Crippen LogP) is 5.96. The van der Waals surface area contributed by atoms with Gasteiger partial charge in [0, 0.05) is 5.41 Å². The SMILES string of the molecule is CCc1cccc(C(C)C)c1N1C(=O)C(C)(C)C(=O)N2c3c(CC)cccc3C(C)(C)C12. The van der Waals surface area contributed by atoms with Crippen molar-refractivity contribution < 1.29 is 9.59 Å². The molecule has 2 aromatic carbocycles. The average Bonchev–Trinajstić information content (AvgIpc) is 3.00. The molecular formula is C28H36N2O2. The standard InChI is InChI=1S/C28H36N2O2/c1-9-18-13-11-15-20(17(3)4)22(18)29-24-27(5,6)21-16-12-14-19(10-2)23(21)30(24)26(32)28(7,8)25(29)31/h11-17,24H,9-10H2,1-8H3. The highest BCUT2D eigenvalue weighted by Gasteiger charge is 2.61. The van der Waals surface area contributed by atoms with Crippen LogP contribution in [0.1, 0.15) is 83.6 Å². The first kappa shape index (κ1) is 22.6. The number of nitrogens with zero attached hydrogens (tertiary/aromatic N) is 2. The number of hydrogen-bond acceptors (Lipinski definition) is 2. The van der Waals surface area contributed by atoms with E-state index in [1.165, 1.54) is 0 Å². The molecular weight excluding hydrogens is 396 g/mol. The van der Waals surface area contributed by atoms with Crippen molar-refractivity contribution in [3.05, 3.63) is 58.7 Å².